The van der Waals surface area contributed by atoms with Crippen LogP contribution in [0.3, 0.4) is 0 Å². The molecule has 1 saturated carbocycles. The molecule has 1 fully saturated rings. The zero-order valence-corrected chi connectivity index (χ0v) is 13.6. The van der Waals surface area contributed by atoms with Gasteiger partial charge in [-0.3, -0.25) is 4.79 Å². The van der Waals surface area contributed by atoms with Crippen LogP contribution < -0.4 is 15.4 Å². The minimum Gasteiger partial charge on any atom is -0.484 e. The summed E-state index contributed by atoms with van der Waals surface area (Å²) >= 11 is 0. The fraction of sp³-hybridized carbons (Fsp3) is 0.500. The van der Waals surface area contributed by atoms with E-state index in [2.05, 4.69) is 15.4 Å². The smallest absolute Gasteiger partial charge is 0.422 e. The summed E-state index contributed by atoms with van der Waals surface area (Å²) in [6.45, 7) is -0.123. The first-order chi connectivity index (χ1) is 11.7. The van der Waals surface area contributed by atoms with Crippen molar-refractivity contribution in [2.75, 3.05) is 13.2 Å². The van der Waals surface area contributed by atoms with Gasteiger partial charge in [-0.15, -0.1) is 0 Å². The van der Waals surface area contributed by atoms with E-state index in [0.717, 1.165) is 12.8 Å². The molecule has 0 saturated heterocycles. The number of halogens is 3. The molecule has 0 aliphatic heterocycles. The third-order valence-electron chi connectivity index (χ3n) is 3.39. The molecule has 2 N–H and O–H groups in total. The minimum absolute atomic E-state index is 0.0899. The Kier molecular flexibility index (Phi) is 6.11. The number of hydrogen-bond acceptors (Lipinski definition) is 4. The summed E-state index contributed by atoms with van der Waals surface area (Å²) in [5.41, 5.74) is 0.652. The van der Waals surface area contributed by atoms with Crippen LogP contribution in [0, 0.1) is 0 Å². The Hall–Kier alpha value is -2.45. The molecule has 25 heavy (non-hydrogen) atoms. The summed E-state index contributed by atoms with van der Waals surface area (Å²) in [6, 6.07) is 6.22. The van der Waals surface area contributed by atoms with E-state index in [1.165, 1.54) is 0 Å². The Labute approximate surface area is 142 Å². The fourth-order valence-electron chi connectivity index (χ4n) is 1.95. The van der Waals surface area contributed by atoms with E-state index >= 15 is 0 Å². The van der Waals surface area contributed by atoms with E-state index in [4.69, 9.17) is 4.74 Å². The summed E-state index contributed by atoms with van der Waals surface area (Å²) in [6.07, 6.45) is -3.72. The van der Waals surface area contributed by atoms with Crippen molar-refractivity contribution in [3.63, 3.8) is 0 Å². The topological polar surface area (TPSA) is 76.7 Å². The van der Waals surface area contributed by atoms with Crippen LogP contribution in [-0.2, 0) is 9.53 Å². The molecule has 1 aliphatic rings. The zero-order valence-electron chi connectivity index (χ0n) is 13.6. The maximum Gasteiger partial charge on any atom is 0.422 e. The maximum absolute atomic E-state index is 12.0. The van der Waals surface area contributed by atoms with Crippen LogP contribution in [-0.4, -0.2) is 37.4 Å². The van der Waals surface area contributed by atoms with Gasteiger partial charge in [0, 0.05) is 6.04 Å². The van der Waals surface area contributed by atoms with Gasteiger partial charge >= 0.3 is 12.3 Å². The van der Waals surface area contributed by atoms with E-state index in [9.17, 15) is 22.8 Å². The Morgan fingerprint density at radius 3 is 2.44 bits per heavy atom. The molecule has 9 heteroatoms. The van der Waals surface area contributed by atoms with Gasteiger partial charge in [-0.05, 0) is 37.5 Å². The lowest BCUT2D eigenvalue weighted by atomic mass is 10.1. The van der Waals surface area contributed by atoms with Crippen LogP contribution in [0.1, 0.15) is 31.4 Å². The molecular weight excluding hydrogens is 341 g/mol. The van der Waals surface area contributed by atoms with Crippen LogP contribution in [0.25, 0.3) is 0 Å². The van der Waals surface area contributed by atoms with Crippen molar-refractivity contribution < 1.29 is 32.2 Å². The quantitative estimate of drug-likeness (QED) is 0.784. The average Bonchev–Trinajstić information content (AvgIpc) is 3.34. The van der Waals surface area contributed by atoms with Crippen LogP contribution >= 0.6 is 0 Å². The molecule has 1 aliphatic carbocycles. The van der Waals surface area contributed by atoms with Gasteiger partial charge in [-0.25, -0.2) is 4.79 Å². The highest BCUT2D eigenvalue weighted by Gasteiger charge is 2.29. The molecular formula is C16H19F3N2O4. The van der Waals surface area contributed by atoms with Crippen molar-refractivity contribution in [3.8, 4) is 5.75 Å². The highest BCUT2D eigenvalue weighted by molar-refractivity contribution is 5.78. The summed E-state index contributed by atoms with van der Waals surface area (Å²) < 4.78 is 45.3. The fourth-order valence-corrected chi connectivity index (χ4v) is 1.95. The number of nitrogens with one attached hydrogen (secondary N) is 2. The average molecular weight is 360 g/mol. The van der Waals surface area contributed by atoms with Crippen LogP contribution in [0.15, 0.2) is 24.3 Å². The number of hydrogen-bond donors (Lipinski definition) is 2. The first kappa shape index (κ1) is 18.9. The molecule has 2 amide bonds. The monoisotopic (exact) mass is 360 g/mol. The predicted octanol–water partition coefficient (Wildman–Crippen LogP) is 2.69. The van der Waals surface area contributed by atoms with Gasteiger partial charge in [0.1, 0.15) is 5.75 Å². The van der Waals surface area contributed by atoms with E-state index in [1.54, 1.807) is 31.2 Å². The van der Waals surface area contributed by atoms with Gasteiger partial charge in [0.25, 0.3) is 5.91 Å². The van der Waals surface area contributed by atoms with Crippen molar-refractivity contribution in [1.29, 1.82) is 0 Å². The number of ether oxygens (including phenoxy) is 2. The summed E-state index contributed by atoms with van der Waals surface area (Å²) in [5.74, 6) is 0.288. The van der Waals surface area contributed by atoms with Crippen molar-refractivity contribution in [3.05, 3.63) is 29.8 Å². The van der Waals surface area contributed by atoms with Crippen molar-refractivity contribution in [2.45, 2.75) is 38.0 Å². The van der Waals surface area contributed by atoms with Gasteiger partial charge in [0.15, 0.2) is 13.2 Å². The third-order valence-corrected chi connectivity index (χ3v) is 3.39. The highest BCUT2D eigenvalue weighted by Crippen LogP contribution is 2.20. The number of carbonyl (C=O) groups is 2. The number of alkyl carbamates (subject to hydrolysis) is 1. The SMILES string of the molecule is CC(NC(=O)OCC(F)(F)F)c1ccc(OCC(=O)NC2CC2)cc1. The lowest BCUT2D eigenvalue weighted by Gasteiger charge is -2.15. The molecule has 1 aromatic rings. The van der Waals surface area contributed by atoms with Crippen molar-refractivity contribution in [2.24, 2.45) is 0 Å². The number of benzene rings is 1. The molecule has 6 nitrogen and oxygen atoms in total. The Balaban J connectivity index is 1.75. The standard InChI is InChI=1S/C16H19F3N2O4/c1-10(20-15(23)25-9-16(17,18)19)11-2-6-13(7-3-11)24-8-14(22)21-12-4-5-12/h2-3,6-7,10,12H,4-5,8-9H2,1H3,(H,20,23)(H,21,22). The molecule has 1 aromatic carbocycles. The second-order valence-electron chi connectivity index (χ2n) is 5.76. The highest BCUT2D eigenvalue weighted by atomic mass is 19.4. The van der Waals surface area contributed by atoms with Gasteiger partial charge in [-0.1, -0.05) is 12.1 Å². The van der Waals surface area contributed by atoms with Crippen molar-refractivity contribution in [1.82, 2.24) is 10.6 Å². The molecule has 0 aromatic heterocycles. The normalized spacial score (nSPS) is 15.2. The summed E-state index contributed by atoms with van der Waals surface area (Å²) in [7, 11) is 0. The molecule has 1 unspecified atom stereocenters. The lowest BCUT2D eigenvalue weighted by Crippen LogP contribution is -2.31. The second kappa shape index (κ2) is 8.09. The minimum atomic E-state index is -4.56. The zero-order chi connectivity index (χ0) is 18.4. The van der Waals surface area contributed by atoms with Gasteiger partial charge in [0.05, 0.1) is 6.04 Å². The molecule has 2 rings (SSSR count). The van der Waals surface area contributed by atoms with Gasteiger partial charge in [0.2, 0.25) is 0 Å². The Morgan fingerprint density at radius 1 is 1.24 bits per heavy atom. The number of alkyl halides is 3. The third kappa shape index (κ3) is 7.32. The molecule has 1 atom stereocenters. The number of carbonyl (C=O) groups excluding carboxylic acids is 2. The largest absolute Gasteiger partial charge is 0.484 e. The molecule has 0 spiro atoms. The van der Waals surface area contributed by atoms with E-state index < -0.39 is 24.9 Å². The lowest BCUT2D eigenvalue weighted by molar-refractivity contribution is -0.160. The summed E-state index contributed by atoms with van der Waals surface area (Å²) in [5, 5.41) is 5.09. The van der Waals surface area contributed by atoms with E-state index in [-0.39, 0.29) is 18.6 Å². The Morgan fingerprint density at radius 2 is 1.88 bits per heavy atom. The Bertz CT molecular complexity index is 600. The molecule has 138 valence electrons. The first-order valence-electron chi connectivity index (χ1n) is 7.75. The van der Waals surface area contributed by atoms with Crippen LogP contribution in [0.4, 0.5) is 18.0 Å². The first-order valence-corrected chi connectivity index (χ1v) is 7.75. The summed E-state index contributed by atoms with van der Waals surface area (Å²) in [4.78, 5) is 22.8. The van der Waals surface area contributed by atoms with Crippen LogP contribution in [0.2, 0.25) is 0 Å². The van der Waals surface area contributed by atoms with Crippen molar-refractivity contribution >= 4 is 12.0 Å². The second-order valence-corrected chi connectivity index (χ2v) is 5.76. The predicted molar refractivity (Wildman–Crippen MR) is 82.1 cm³/mol. The van der Waals surface area contributed by atoms with Gasteiger partial charge < -0.3 is 20.1 Å². The number of rotatable bonds is 7. The van der Waals surface area contributed by atoms with Crippen LogP contribution in [0.5, 0.6) is 5.75 Å². The molecule has 0 radical (unpaired) electrons. The number of amides is 2. The van der Waals surface area contributed by atoms with Gasteiger partial charge in [-0.2, -0.15) is 13.2 Å². The maximum atomic E-state index is 12.0. The van der Waals surface area contributed by atoms with E-state index in [1.807, 2.05) is 0 Å². The molecule has 0 bridgehead atoms. The molecule has 0 heterocycles. The van der Waals surface area contributed by atoms with E-state index in [0.29, 0.717) is 11.3 Å².